The third-order valence-electron chi connectivity index (χ3n) is 4.42. The van der Waals surface area contributed by atoms with Gasteiger partial charge in [-0.15, -0.1) is 0 Å². The standard InChI is InChI=1S/C15H30N2O/c1-6-17(5)15(18)12(4)16-14-9-7-13(8-10-14)11(2)3/h11-14,16H,6-10H2,1-5H3. The molecule has 0 aromatic rings. The molecule has 1 unspecified atom stereocenters. The Labute approximate surface area is 112 Å². The third-order valence-corrected chi connectivity index (χ3v) is 4.42. The highest BCUT2D eigenvalue weighted by molar-refractivity contribution is 5.81. The molecule has 0 spiro atoms. The van der Waals surface area contributed by atoms with Crippen molar-refractivity contribution in [1.82, 2.24) is 10.2 Å². The maximum Gasteiger partial charge on any atom is 0.239 e. The molecule has 0 aromatic carbocycles. The van der Waals surface area contributed by atoms with E-state index in [0.29, 0.717) is 6.04 Å². The van der Waals surface area contributed by atoms with Crippen LogP contribution in [0.5, 0.6) is 0 Å². The lowest BCUT2D eigenvalue weighted by molar-refractivity contribution is -0.131. The highest BCUT2D eigenvalue weighted by Gasteiger charge is 2.26. The quantitative estimate of drug-likeness (QED) is 0.818. The second-order valence-electron chi connectivity index (χ2n) is 6.10. The zero-order chi connectivity index (χ0) is 13.7. The van der Waals surface area contributed by atoms with Gasteiger partial charge in [0.15, 0.2) is 0 Å². The van der Waals surface area contributed by atoms with Crippen molar-refractivity contribution in [3.63, 3.8) is 0 Å². The van der Waals surface area contributed by atoms with Gasteiger partial charge in [0.05, 0.1) is 6.04 Å². The van der Waals surface area contributed by atoms with Gasteiger partial charge in [-0.05, 0) is 51.4 Å². The molecule has 1 fully saturated rings. The van der Waals surface area contributed by atoms with E-state index in [1.165, 1.54) is 25.7 Å². The van der Waals surface area contributed by atoms with E-state index in [2.05, 4.69) is 19.2 Å². The molecule has 106 valence electrons. The van der Waals surface area contributed by atoms with Crippen LogP contribution in [0.15, 0.2) is 0 Å². The zero-order valence-electron chi connectivity index (χ0n) is 12.7. The molecule has 0 bridgehead atoms. The summed E-state index contributed by atoms with van der Waals surface area (Å²) in [5.41, 5.74) is 0. The van der Waals surface area contributed by atoms with Crippen molar-refractivity contribution < 1.29 is 4.79 Å². The molecule has 1 aliphatic carbocycles. The molecular weight excluding hydrogens is 224 g/mol. The van der Waals surface area contributed by atoms with E-state index in [9.17, 15) is 4.79 Å². The van der Waals surface area contributed by atoms with Gasteiger partial charge in [0.2, 0.25) is 5.91 Å². The van der Waals surface area contributed by atoms with E-state index in [1.54, 1.807) is 4.90 Å². The van der Waals surface area contributed by atoms with E-state index >= 15 is 0 Å². The highest BCUT2D eigenvalue weighted by atomic mass is 16.2. The first-order valence-corrected chi connectivity index (χ1v) is 7.46. The molecule has 1 amide bonds. The predicted molar refractivity (Wildman–Crippen MR) is 76.5 cm³/mol. The number of hydrogen-bond donors (Lipinski definition) is 1. The van der Waals surface area contributed by atoms with Crippen LogP contribution in [0.4, 0.5) is 0 Å². The number of likely N-dealkylation sites (N-methyl/N-ethyl adjacent to an activating group) is 1. The van der Waals surface area contributed by atoms with Crippen molar-refractivity contribution in [3.8, 4) is 0 Å². The summed E-state index contributed by atoms with van der Waals surface area (Å²) < 4.78 is 0. The first-order valence-electron chi connectivity index (χ1n) is 7.46. The number of hydrogen-bond acceptors (Lipinski definition) is 2. The maximum absolute atomic E-state index is 12.0. The van der Waals surface area contributed by atoms with Crippen LogP contribution in [0, 0.1) is 11.8 Å². The molecule has 1 N–H and O–H groups in total. The second kappa shape index (κ2) is 7.13. The average molecular weight is 254 g/mol. The molecule has 1 atom stereocenters. The minimum Gasteiger partial charge on any atom is -0.345 e. The molecule has 1 saturated carbocycles. The summed E-state index contributed by atoms with van der Waals surface area (Å²) in [6.45, 7) is 9.42. The minimum atomic E-state index is -0.0458. The molecule has 3 heteroatoms. The van der Waals surface area contributed by atoms with Crippen molar-refractivity contribution in [2.75, 3.05) is 13.6 Å². The van der Waals surface area contributed by atoms with Gasteiger partial charge in [-0.3, -0.25) is 4.79 Å². The third kappa shape index (κ3) is 4.27. The van der Waals surface area contributed by atoms with Gasteiger partial charge in [0, 0.05) is 19.6 Å². The van der Waals surface area contributed by atoms with Gasteiger partial charge in [0.1, 0.15) is 0 Å². The average Bonchev–Trinajstić information content (AvgIpc) is 2.37. The van der Waals surface area contributed by atoms with Crippen LogP contribution in [-0.4, -0.2) is 36.5 Å². The molecule has 0 aliphatic heterocycles. The summed E-state index contributed by atoms with van der Waals surface area (Å²) in [6, 6.07) is 0.486. The smallest absolute Gasteiger partial charge is 0.239 e. The van der Waals surface area contributed by atoms with Crippen molar-refractivity contribution >= 4 is 5.91 Å². The van der Waals surface area contributed by atoms with Crippen LogP contribution < -0.4 is 5.32 Å². The summed E-state index contributed by atoms with van der Waals surface area (Å²) in [6.07, 6.45) is 5.05. The van der Waals surface area contributed by atoms with Crippen LogP contribution in [0.1, 0.15) is 53.4 Å². The SMILES string of the molecule is CCN(C)C(=O)C(C)NC1CCC(C(C)C)CC1. The second-order valence-corrected chi connectivity index (χ2v) is 6.10. The lowest BCUT2D eigenvalue weighted by Gasteiger charge is -2.33. The van der Waals surface area contributed by atoms with Gasteiger partial charge in [-0.1, -0.05) is 13.8 Å². The van der Waals surface area contributed by atoms with Crippen LogP contribution in [0.2, 0.25) is 0 Å². The lowest BCUT2D eigenvalue weighted by Crippen LogP contribution is -2.48. The minimum absolute atomic E-state index is 0.0458. The Morgan fingerprint density at radius 3 is 2.22 bits per heavy atom. The largest absolute Gasteiger partial charge is 0.345 e. The summed E-state index contributed by atoms with van der Waals surface area (Å²) in [7, 11) is 1.87. The summed E-state index contributed by atoms with van der Waals surface area (Å²) in [5, 5.41) is 3.50. The van der Waals surface area contributed by atoms with Crippen molar-refractivity contribution in [3.05, 3.63) is 0 Å². The predicted octanol–water partition coefficient (Wildman–Crippen LogP) is 2.66. The number of rotatable bonds is 5. The molecule has 0 radical (unpaired) electrons. The first-order chi connectivity index (χ1) is 8.45. The first kappa shape index (κ1) is 15.5. The highest BCUT2D eigenvalue weighted by Crippen LogP contribution is 2.29. The van der Waals surface area contributed by atoms with Crippen LogP contribution in [-0.2, 0) is 4.79 Å². The van der Waals surface area contributed by atoms with Crippen molar-refractivity contribution in [1.29, 1.82) is 0 Å². The molecule has 0 saturated heterocycles. The van der Waals surface area contributed by atoms with Crippen LogP contribution >= 0.6 is 0 Å². The van der Waals surface area contributed by atoms with E-state index in [-0.39, 0.29) is 11.9 Å². The van der Waals surface area contributed by atoms with Gasteiger partial charge in [-0.25, -0.2) is 0 Å². The van der Waals surface area contributed by atoms with Gasteiger partial charge < -0.3 is 10.2 Å². The monoisotopic (exact) mass is 254 g/mol. The molecule has 0 heterocycles. The van der Waals surface area contributed by atoms with E-state index in [1.807, 2.05) is 20.9 Å². The number of carbonyl (C=O) groups excluding carboxylic acids is 1. The Bertz CT molecular complexity index is 257. The fourth-order valence-corrected chi connectivity index (χ4v) is 2.86. The van der Waals surface area contributed by atoms with Crippen molar-refractivity contribution in [2.24, 2.45) is 11.8 Å². The van der Waals surface area contributed by atoms with E-state index in [0.717, 1.165) is 18.4 Å². The van der Waals surface area contributed by atoms with Gasteiger partial charge in [-0.2, -0.15) is 0 Å². The van der Waals surface area contributed by atoms with Crippen LogP contribution in [0.3, 0.4) is 0 Å². The van der Waals surface area contributed by atoms with Crippen molar-refractivity contribution in [2.45, 2.75) is 65.5 Å². The maximum atomic E-state index is 12.0. The molecule has 0 aromatic heterocycles. The zero-order valence-corrected chi connectivity index (χ0v) is 12.7. The fourth-order valence-electron chi connectivity index (χ4n) is 2.86. The molecule has 1 rings (SSSR count). The van der Waals surface area contributed by atoms with E-state index < -0.39 is 0 Å². The Balaban J connectivity index is 2.34. The number of amides is 1. The summed E-state index contributed by atoms with van der Waals surface area (Å²) in [4.78, 5) is 13.8. The fraction of sp³-hybridized carbons (Fsp3) is 0.933. The molecule has 1 aliphatic rings. The number of carbonyl (C=O) groups is 1. The normalized spacial score (nSPS) is 26.1. The summed E-state index contributed by atoms with van der Waals surface area (Å²) >= 11 is 0. The van der Waals surface area contributed by atoms with E-state index in [4.69, 9.17) is 0 Å². The Morgan fingerprint density at radius 2 is 1.78 bits per heavy atom. The topological polar surface area (TPSA) is 32.3 Å². The molecule has 18 heavy (non-hydrogen) atoms. The summed E-state index contributed by atoms with van der Waals surface area (Å²) in [5.74, 6) is 1.90. The van der Waals surface area contributed by atoms with Crippen LogP contribution in [0.25, 0.3) is 0 Å². The lowest BCUT2D eigenvalue weighted by atomic mass is 9.79. The number of nitrogens with zero attached hydrogens (tertiary/aromatic N) is 1. The Morgan fingerprint density at radius 1 is 1.22 bits per heavy atom. The molecule has 3 nitrogen and oxygen atoms in total. The Kier molecular flexibility index (Phi) is 6.13. The van der Waals surface area contributed by atoms with Gasteiger partial charge in [0.25, 0.3) is 0 Å². The number of nitrogens with one attached hydrogen (secondary N) is 1. The van der Waals surface area contributed by atoms with Gasteiger partial charge >= 0.3 is 0 Å². The molecular formula is C15H30N2O. The Hall–Kier alpha value is -0.570.